The fourth-order valence-electron chi connectivity index (χ4n) is 4.35. The highest BCUT2D eigenvalue weighted by atomic mass is 35.5. The molecule has 1 saturated carbocycles. The Morgan fingerprint density at radius 3 is 2.41 bits per heavy atom. The number of ketones is 2. The Morgan fingerprint density at radius 2 is 1.84 bits per heavy atom. The molecule has 32 heavy (non-hydrogen) atoms. The number of carbonyl (C=O) groups excluding carboxylic acids is 3. The minimum absolute atomic E-state index is 0.00868. The fourth-order valence-corrected chi connectivity index (χ4v) is 4.50. The standard InChI is InChI=1S/C25H26ClN3O3/c1-13-6-15(23-17(11-27)8-18(26)12-28-23)7-14(2)21(13)22-19(30)9-16(24(22)32)10-20(31)29-25(3,4)5/h6-8,12,16,22H,9-10H2,1-5H3,(H,29,31). The topological polar surface area (TPSA) is 99.9 Å². The van der Waals surface area contributed by atoms with Crippen LogP contribution in [0.15, 0.2) is 24.4 Å². The van der Waals surface area contributed by atoms with E-state index in [9.17, 15) is 19.6 Å². The maximum absolute atomic E-state index is 13.1. The van der Waals surface area contributed by atoms with E-state index < -0.39 is 17.4 Å². The molecule has 1 aliphatic carbocycles. The second-order valence-corrected chi connectivity index (χ2v) is 9.83. The van der Waals surface area contributed by atoms with Gasteiger partial charge in [-0.2, -0.15) is 5.26 Å². The van der Waals surface area contributed by atoms with Gasteiger partial charge in [-0.05, 0) is 69.5 Å². The van der Waals surface area contributed by atoms with Gasteiger partial charge in [-0.3, -0.25) is 19.4 Å². The molecular weight excluding hydrogens is 426 g/mol. The number of benzene rings is 1. The lowest BCUT2D eigenvalue weighted by Gasteiger charge is -2.21. The highest BCUT2D eigenvalue weighted by Crippen LogP contribution is 2.39. The molecule has 0 spiro atoms. The fraction of sp³-hybridized carbons (Fsp3) is 0.400. The molecule has 2 atom stereocenters. The number of nitrogens with zero attached hydrogens (tertiary/aromatic N) is 2. The number of carbonyl (C=O) groups is 3. The molecule has 0 radical (unpaired) electrons. The van der Waals surface area contributed by atoms with Crippen LogP contribution in [-0.4, -0.2) is 28.0 Å². The van der Waals surface area contributed by atoms with Gasteiger partial charge < -0.3 is 5.32 Å². The first-order valence-electron chi connectivity index (χ1n) is 10.5. The van der Waals surface area contributed by atoms with E-state index >= 15 is 0 Å². The van der Waals surface area contributed by atoms with Crippen LogP contribution in [0.2, 0.25) is 5.02 Å². The van der Waals surface area contributed by atoms with E-state index in [-0.39, 0.29) is 30.3 Å². The van der Waals surface area contributed by atoms with Gasteiger partial charge in [-0.15, -0.1) is 0 Å². The van der Waals surface area contributed by atoms with Gasteiger partial charge in [0.1, 0.15) is 17.8 Å². The minimum Gasteiger partial charge on any atom is -0.351 e. The second kappa shape index (κ2) is 8.84. The molecule has 1 fully saturated rings. The number of aromatic nitrogens is 1. The molecule has 2 aromatic rings. The number of pyridine rings is 1. The molecule has 1 aromatic carbocycles. The predicted octanol–water partition coefficient (Wildman–Crippen LogP) is 4.44. The van der Waals surface area contributed by atoms with E-state index in [1.54, 1.807) is 6.07 Å². The normalized spacial score (nSPS) is 18.5. The Kier molecular flexibility index (Phi) is 6.52. The maximum Gasteiger partial charge on any atom is 0.221 e. The summed E-state index contributed by atoms with van der Waals surface area (Å²) < 4.78 is 0. The van der Waals surface area contributed by atoms with Crippen molar-refractivity contribution in [2.45, 2.75) is 58.9 Å². The lowest BCUT2D eigenvalue weighted by atomic mass is 9.85. The molecule has 3 rings (SSSR count). The number of nitrogens with one attached hydrogen (secondary N) is 1. The number of Topliss-reactive ketones (excluding diaryl/α,β-unsaturated/α-hetero) is 2. The average Bonchev–Trinajstić information content (AvgIpc) is 2.93. The van der Waals surface area contributed by atoms with Crippen LogP contribution in [0.4, 0.5) is 0 Å². The van der Waals surface area contributed by atoms with E-state index in [4.69, 9.17) is 11.6 Å². The number of aryl methyl sites for hydroxylation is 2. The molecular formula is C25H26ClN3O3. The van der Waals surface area contributed by atoms with Gasteiger partial charge in [0.2, 0.25) is 5.91 Å². The average molecular weight is 452 g/mol. The number of rotatable bonds is 4. The van der Waals surface area contributed by atoms with Crippen molar-refractivity contribution in [1.29, 1.82) is 5.26 Å². The van der Waals surface area contributed by atoms with Crippen LogP contribution >= 0.6 is 11.6 Å². The first-order chi connectivity index (χ1) is 14.9. The van der Waals surface area contributed by atoms with Crippen molar-refractivity contribution >= 4 is 29.1 Å². The predicted molar refractivity (Wildman–Crippen MR) is 122 cm³/mol. The van der Waals surface area contributed by atoms with Crippen LogP contribution in [0.25, 0.3) is 11.3 Å². The van der Waals surface area contributed by atoms with Crippen molar-refractivity contribution in [3.05, 3.63) is 51.7 Å². The Bertz CT molecular complexity index is 1130. The smallest absolute Gasteiger partial charge is 0.221 e. The van der Waals surface area contributed by atoms with Crippen LogP contribution in [0.3, 0.4) is 0 Å². The first kappa shape index (κ1) is 23.6. The summed E-state index contributed by atoms with van der Waals surface area (Å²) in [7, 11) is 0. The van der Waals surface area contributed by atoms with E-state index in [1.807, 2.05) is 46.8 Å². The third-order valence-electron chi connectivity index (χ3n) is 5.53. The summed E-state index contributed by atoms with van der Waals surface area (Å²) >= 11 is 5.96. The summed E-state index contributed by atoms with van der Waals surface area (Å²) in [6.45, 7) is 9.30. The SMILES string of the molecule is Cc1cc(-c2ncc(Cl)cc2C#N)cc(C)c1C1C(=O)CC(CC(=O)NC(C)(C)C)C1=O. The molecule has 7 heteroatoms. The van der Waals surface area contributed by atoms with Crippen molar-refractivity contribution in [3.8, 4) is 17.3 Å². The lowest BCUT2D eigenvalue weighted by Crippen LogP contribution is -2.41. The monoisotopic (exact) mass is 451 g/mol. The summed E-state index contributed by atoms with van der Waals surface area (Å²) in [5.74, 6) is -2.09. The van der Waals surface area contributed by atoms with Crippen LogP contribution in [0.1, 0.15) is 61.8 Å². The molecule has 0 bridgehead atoms. The Labute approximate surface area is 193 Å². The summed E-state index contributed by atoms with van der Waals surface area (Å²) in [6, 6.07) is 7.33. The number of hydrogen-bond donors (Lipinski definition) is 1. The van der Waals surface area contributed by atoms with Crippen LogP contribution in [-0.2, 0) is 14.4 Å². The Hall–Kier alpha value is -3.04. The first-order valence-corrected chi connectivity index (χ1v) is 10.8. The zero-order valence-corrected chi connectivity index (χ0v) is 19.6. The van der Waals surface area contributed by atoms with Crippen LogP contribution < -0.4 is 5.32 Å². The lowest BCUT2D eigenvalue weighted by molar-refractivity contribution is -0.129. The third-order valence-corrected chi connectivity index (χ3v) is 5.74. The summed E-state index contributed by atoms with van der Waals surface area (Å²) in [6.07, 6.45) is 1.56. The quantitative estimate of drug-likeness (QED) is 0.692. The maximum atomic E-state index is 13.1. The van der Waals surface area contributed by atoms with Gasteiger partial charge in [0.05, 0.1) is 16.3 Å². The van der Waals surface area contributed by atoms with Gasteiger partial charge in [0.25, 0.3) is 0 Å². The minimum atomic E-state index is -0.870. The molecule has 2 unspecified atom stereocenters. The van der Waals surface area contributed by atoms with Crippen molar-refractivity contribution in [2.75, 3.05) is 0 Å². The Morgan fingerprint density at radius 1 is 1.22 bits per heavy atom. The molecule has 1 amide bonds. The van der Waals surface area contributed by atoms with Crippen LogP contribution in [0.5, 0.6) is 0 Å². The zero-order valence-electron chi connectivity index (χ0n) is 18.9. The molecule has 0 aliphatic heterocycles. The number of amides is 1. The van der Waals surface area contributed by atoms with Crippen molar-refractivity contribution in [3.63, 3.8) is 0 Å². The van der Waals surface area contributed by atoms with Crippen molar-refractivity contribution in [1.82, 2.24) is 10.3 Å². The van der Waals surface area contributed by atoms with E-state index in [1.165, 1.54) is 6.20 Å². The summed E-state index contributed by atoms with van der Waals surface area (Å²) in [4.78, 5) is 42.6. The van der Waals surface area contributed by atoms with Gasteiger partial charge in [0, 0.05) is 36.1 Å². The molecule has 1 N–H and O–H groups in total. The Balaban J connectivity index is 1.92. The third kappa shape index (κ3) is 4.89. The van der Waals surface area contributed by atoms with E-state index in [0.717, 1.165) is 16.7 Å². The molecule has 1 aliphatic rings. The van der Waals surface area contributed by atoms with Crippen molar-refractivity contribution in [2.24, 2.45) is 5.92 Å². The molecule has 1 aromatic heterocycles. The second-order valence-electron chi connectivity index (χ2n) is 9.39. The largest absolute Gasteiger partial charge is 0.351 e. The highest BCUT2D eigenvalue weighted by molar-refractivity contribution is 6.30. The molecule has 166 valence electrons. The number of nitriles is 1. The zero-order chi connectivity index (χ0) is 23.8. The molecule has 0 saturated heterocycles. The van der Waals surface area contributed by atoms with Gasteiger partial charge in [-0.25, -0.2) is 0 Å². The molecule has 1 heterocycles. The van der Waals surface area contributed by atoms with Gasteiger partial charge >= 0.3 is 0 Å². The van der Waals surface area contributed by atoms with Gasteiger partial charge in [0.15, 0.2) is 5.78 Å². The number of hydrogen-bond acceptors (Lipinski definition) is 5. The summed E-state index contributed by atoms with van der Waals surface area (Å²) in [5, 5.41) is 12.7. The van der Waals surface area contributed by atoms with E-state index in [2.05, 4.69) is 16.4 Å². The highest BCUT2D eigenvalue weighted by Gasteiger charge is 2.44. The molecule has 6 nitrogen and oxygen atoms in total. The van der Waals surface area contributed by atoms with Gasteiger partial charge in [-0.1, -0.05) is 11.6 Å². The summed E-state index contributed by atoms with van der Waals surface area (Å²) in [5.41, 5.74) is 3.38. The van der Waals surface area contributed by atoms with E-state index in [0.29, 0.717) is 21.8 Å². The van der Waals surface area contributed by atoms with Crippen LogP contribution in [0, 0.1) is 31.1 Å². The number of halogens is 1. The van der Waals surface area contributed by atoms with Crippen molar-refractivity contribution < 1.29 is 14.4 Å².